The molecular formula is C30H33IN4O2. The molecule has 1 atom stereocenters. The van der Waals surface area contributed by atoms with Crippen molar-refractivity contribution in [2.45, 2.75) is 45.7 Å². The molecular weight excluding hydrogens is 575 g/mol. The number of benzene rings is 3. The maximum atomic E-state index is 13.7. The van der Waals surface area contributed by atoms with Crippen molar-refractivity contribution in [3.8, 4) is 11.1 Å². The average Bonchev–Trinajstić information content (AvgIpc) is 3.12. The predicted molar refractivity (Wildman–Crippen MR) is 156 cm³/mol. The zero-order valence-corrected chi connectivity index (χ0v) is 23.7. The summed E-state index contributed by atoms with van der Waals surface area (Å²) in [7, 11) is 0. The van der Waals surface area contributed by atoms with Gasteiger partial charge in [0.25, 0.3) is 11.8 Å². The van der Waals surface area contributed by atoms with E-state index in [4.69, 9.17) is 5.41 Å². The third kappa shape index (κ3) is 5.71. The number of carbonyl (C=O) groups excluding carboxylic acids is 2. The lowest BCUT2D eigenvalue weighted by Crippen LogP contribution is -2.40. The Balaban J connectivity index is 1.56. The SMILES string of the molecule is CCCN(CCC)C(=O)c1cccc(CN2C(=N)NC(C)(c3cccc(-c4cccc(I)c4)c3)C2=O)c1. The van der Waals surface area contributed by atoms with Crippen molar-refractivity contribution in [1.29, 1.82) is 5.41 Å². The molecule has 0 saturated carbocycles. The highest BCUT2D eigenvalue weighted by molar-refractivity contribution is 14.1. The first-order chi connectivity index (χ1) is 17.8. The molecule has 1 fully saturated rings. The van der Waals surface area contributed by atoms with Gasteiger partial charge in [-0.25, -0.2) is 0 Å². The number of nitrogens with one attached hydrogen (secondary N) is 2. The minimum atomic E-state index is -1.05. The molecule has 0 aromatic heterocycles. The first kappa shape index (κ1) is 26.9. The molecule has 192 valence electrons. The Kier molecular flexibility index (Phi) is 8.32. The third-order valence-electron chi connectivity index (χ3n) is 6.70. The summed E-state index contributed by atoms with van der Waals surface area (Å²) in [5.41, 5.74) is 3.28. The number of hydrogen-bond donors (Lipinski definition) is 2. The first-order valence-electron chi connectivity index (χ1n) is 12.7. The molecule has 1 saturated heterocycles. The normalized spacial score (nSPS) is 17.1. The molecule has 0 spiro atoms. The Morgan fingerprint density at radius 1 is 0.973 bits per heavy atom. The van der Waals surface area contributed by atoms with Crippen LogP contribution in [0.4, 0.5) is 0 Å². The van der Waals surface area contributed by atoms with E-state index in [1.54, 1.807) is 0 Å². The minimum absolute atomic E-state index is 0.00345. The van der Waals surface area contributed by atoms with Crippen LogP contribution in [0.5, 0.6) is 0 Å². The van der Waals surface area contributed by atoms with Crippen LogP contribution in [-0.4, -0.2) is 40.7 Å². The molecule has 4 rings (SSSR count). The van der Waals surface area contributed by atoms with Crippen LogP contribution < -0.4 is 5.32 Å². The number of rotatable bonds is 9. The predicted octanol–water partition coefficient (Wildman–Crippen LogP) is 6.00. The highest BCUT2D eigenvalue weighted by atomic mass is 127. The zero-order valence-electron chi connectivity index (χ0n) is 21.6. The second-order valence-electron chi connectivity index (χ2n) is 9.57. The van der Waals surface area contributed by atoms with E-state index in [0.29, 0.717) is 5.56 Å². The molecule has 2 N–H and O–H groups in total. The Hall–Kier alpha value is -3.20. The lowest BCUT2D eigenvalue weighted by Gasteiger charge is -2.24. The molecule has 1 heterocycles. The van der Waals surface area contributed by atoms with Gasteiger partial charge in [0.2, 0.25) is 0 Å². The van der Waals surface area contributed by atoms with E-state index in [1.165, 1.54) is 4.90 Å². The molecule has 0 radical (unpaired) electrons. The second kappa shape index (κ2) is 11.5. The van der Waals surface area contributed by atoms with E-state index >= 15 is 0 Å². The topological polar surface area (TPSA) is 76.5 Å². The van der Waals surface area contributed by atoms with Gasteiger partial charge in [-0.3, -0.25) is 19.9 Å². The number of hydrogen-bond acceptors (Lipinski definition) is 3. The Morgan fingerprint density at radius 2 is 1.62 bits per heavy atom. The fraction of sp³-hybridized carbons (Fsp3) is 0.300. The van der Waals surface area contributed by atoms with Gasteiger partial charge in [-0.15, -0.1) is 0 Å². The van der Waals surface area contributed by atoms with Crippen molar-refractivity contribution >= 4 is 40.4 Å². The quantitative estimate of drug-likeness (QED) is 0.293. The van der Waals surface area contributed by atoms with Gasteiger partial charge in [0.05, 0.1) is 6.54 Å². The smallest absolute Gasteiger partial charge is 0.259 e. The fourth-order valence-electron chi connectivity index (χ4n) is 4.78. The van der Waals surface area contributed by atoms with Crippen molar-refractivity contribution in [1.82, 2.24) is 15.1 Å². The summed E-state index contributed by atoms with van der Waals surface area (Å²) in [4.78, 5) is 30.1. The third-order valence-corrected chi connectivity index (χ3v) is 7.37. The minimum Gasteiger partial charge on any atom is -0.339 e. The van der Waals surface area contributed by atoms with E-state index in [-0.39, 0.29) is 24.3 Å². The summed E-state index contributed by atoms with van der Waals surface area (Å²) >= 11 is 2.29. The van der Waals surface area contributed by atoms with E-state index in [0.717, 1.165) is 51.8 Å². The first-order valence-corrected chi connectivity index (χ1v) is 13.8. The van der Waals surface area contributed by atoms with Crippen molar-refractivity contribution in [2.75, 3.05) is 13.1 Å². The molecule has 1 unspecified atom stereocenters. The Morgan fingerprint density at radius 3 is 2.30 bits per heavy atom. The largest absolute Gasteiger partial charge is 0.339 e. The molecule has 2 amide bonds. The average molecular weight is 609 g/mol. The number of amides is 2. The molecule has 0 bridgehead atoms. The van der Waals surface area contributed by atoms with Gasteiger partial charge in [0, 0.05) is 22.2 Å². The van der Waals surface area contributed by atoms with Crippen LogP contribution in [0.1, 0.15) is 55.1 Å². The summed E-state index contributed by atoms with van der Waals surface area (Å²) in [6, 6.07) is 23.6. The lowest BCUT2D eigenvalue weighted by atomic mass is 9.89. The zero-order chi connectivity index (χ0) is 26.6. The maximum absolute atomic E-state index is 13.7. The summed E-state index contributed by atoms with van der Waals surface area (Å²) < 4.78 is 1.14. The molecule has 1 aliphatic heterocycles. The standard InChI is InChI=1S/C30H33IN4O2/c1-4-15-34(16-5-2)27(36)24-12-6-9-21(17-24)20-35-28(37)30(3,33-29(35)32)25-13-7-10-22(18-25)23-11-8-14-26(31)19-23/h6-14,17-19H,4-5,15-16,20H2,1-3H3,(H2,32,33). The van der Waals surface area contributed by atoms with Crippen LogP contribution >= 0.6 is 22.6 Å². The summed E-state index contributed by atoms with van der Waals surface area (Å²) in [6.07, 6.45) is 1.81. The van der Waals surface area contributed by atoms with Gasteiger partial charge in [-0.2, -0.15) is 0 Å². The second-order valence-corrected chi connectivity index (χ2v) is 10.8. The van der Waals surface area contributed by atoms with E-state index < -0.39 is 5.54 Å². The molecule has 37 heavy (non-hydrogen) atoms. The van der Waals surface area contributed by atoms with E-state index in [9.17, 15) is 9.59 Å². The van der Waals surface area contributed by atoms with Crippen LogP contribution in [-0.2, 0) is 16.9 Å². The van der Waals surface area contributed by atoms with Crippen molar-refractivity contribution in [3.05, 3.63) is 93.1 Å². The molecule has 1 aliphatic rings. The number of guanidine groups is 1. The molecule has 0 aliphatic carbocycles. The number of carbonyl (C=O) groups is 2. The van der Waals surface area contributed by atoms with Gasteiger partial charge < -0.3 is 10.2 Å². The highest BCUT2D eigenvalue weighted by Gasteiger charge is 2.47. The van der Waals surface area contributed by atoms with Gasteiger partial charge in [-0.05, 0) is 94.9 Å². The van der Waals surface area contributed by atoms with E-state index in [2.05, 4.69) is 53.9 Å². The number of halogens is 1. The van der Waals surface area contributed by atoms with E-state index in [1.807, 2.05) is 72.5 Å². The van der Waals surface area contributed by atoms with Crippen LogP contribution in [0.2, 0.25) is 0 Å². The Bertz CT molecular complexity index is 1320. The van der Waals surface area contributed by atoms with Crippen LogP contribution in [0.25, 0.3) is 11.1 Å². The van der Waals surface area contributed by atoms with Gasteiger partial charge in [0.1, 0.15) is 5.54 Å². The highest BCUT2D eigenvalue weighted by Crippen LogP contribution is 2.32. The van der Waals surface area contributed by atoms with Crippen LogP contribution in [0.15, 0.2) is 72.8 Å². The summed E-state index contributed by atoms with van der Waals surface area (Å²) in [5.74, 6) is -0.126. The molecule has 6 nitrogen and oxygen atoms in total. The lowest BCUT2D eigenvalue weighted by molar-refractivity contribution is -0.131. The molecule has 3 aromatic rings. The maximum Gasteiger partial charge on any atom is 0.259 e. The van der Waals surface area contributed by atoms with Crippen LogP contribution in [0.3, 0.4) is 0 Å². The molecule has 7 heteroatoms. The van der Waals surface area contributed by atoms with Gasteiger partial charge in [0.15, 0.2) is 5.96 Å². The Labute approximate surface area is 232 Å². The fourth-order valence-corrected chi connectivity index (χ4v) is 5.32. The monoisotopic (exact) mass is 608 g/mol. The van der Waals surface area contributed by atoms with Gasteiger partial charge >= 0.3 is 0 Å². The van der Waals surface area contributed by atoms with Gasteiger partial charge in [-0.1, -0.05) is 56.3 Å². The van der Waals surface area contributed by atoms with Crippen molar-refractivity contribution in [3.63, 3.8) is 0 Å². The van der Waals surface area contributed by atoms with Crippen molar-refractivity contribution in [2.24, 2.45) is 0 Å². The van der Waals surface area contributed by atoms with Crippen molar-refractivity contribution < 1.29 is 9.59 Å². The summed E-state index contributed by atoms with van der Waals surface area (Å²) in [5, 5.41) is 11.7. The molecule has 3 aromatic carbocycles. The summed E-state index contributed by atoms with van der Waals surface area (Å²) in [6.45, 7) is 7.62. The van der Waals surface area contributed by atoms with Crippen LogP contribution in [0, 0.1) is 8.98 Å². The number of nitrogens with zero attached hydrogens (tertiary/aromatic N) is 2.